The Balaban J connectivity index is 1.93. The van der Waals surface area contributed by atoms with Gasteiger partial charge in [-0.25, -0.2) is 0 Å². The van der Waals surface area contributed by atoms with Gasteiger partial charge in [0, 0.05) is 25.2 Å². The zero-order valence-electron chi connectivity index (χ0n) is 12.3. The average Bonchev–Trinajstić information content (AvgIpc) is 3.01. The fraction of sp³-hybridized carbons (Fsp3) is 0.412. The van der Waals surface area contributed by atoms with Crippen molar-refractivity contribution in [1.29, 1.82) is 0 Å². The van der Waals surface area contributed by atoms with Crippen LogP contribution in [-0.2, 0) is 11.2 Å². The molecule has 0 saturated carbocycles. The largest absolute Gasteiger partial charge is 0.383 e. The van der Waals surface area contributed by atoms with Gasteiger partial charge in [-0.05, 0) is 58.8 Å². The van der Waals surface area contributed by atoms with Gasteiger partial charge in [0.05, 0.1) is 6.61 Å². The molecule has 0 aliphatic heterocycles. The number of ether oxygens (including phenoxy) is 1. The fourth-order valence-electron chi connectivity index (χ4n) is 2.35. The van der Waals surface area contributed by atoms with Crippen LogP contribution >= 0.6 is 22.9 Å². The number of benzene rings is 1. The number of nitrogens with one attached hydrogen (secondary N) is 1. The molecule has 2 aromatic rings. The molecule has 2 nitrogen and oxygen atoms in total. The van der Waals surface area contributed by atoms with Crippen molar-refractivity contribution in [3.05, 3.63) is 57.2 Å². The predicted octanol–water partition coefficient (Wildman–Crippen LogP) is 4.35. The summed E-state index contributed by atoms with van der Waals surface area (Å²) < 4.78 is 5.09. The SMILES string of the molecule is COCCNCC(CCc1ccsc1)c1ccc(Cl)cc1. The third-order valence-electron chi connectivity index (χ3n) is 3.58. The minimum Gasteiger partial charge on any atom is -0.383 e. The van der Waals surface area contributed by atoms with Gasteiger partial charge in [0.15, 0.2) is 0 Å². The minimum atomic E-state index is 0.499. The number of aryl methyl sites for hydroxylation is 1. The van der Waals surface area contributed by atoms with Crippen molar-refractivity contribution >= 4 is 22.9 Å². The molecule has 2 rings (SSSR count). The second-order valence-electron chi connectivity index (χ2n) is 5.12. The zero-order chi connectivity index (χ0) is 14.9. The molecule has 0 radical (unpaired) electrons. The van der Waals surface area contributed by atoms with Crippen LogP contribution in [0, 0.1) is 0 Å². The Bertz CT molecular complexity index is 498. The number of hydrogen-bond acceptors (Lipinski definition) is 3. The summed E-state index contributed by atoms with van der Waals surface area (Å²) in [4.78, 5) is 0. The summed E-state index contributed by atoms with van der Waals surface area (Å²) in [6.07, 6.45) is 2.25. The predicted molar refractivity (Wildman–Crippen MR) is 91.6 cm³/mol. The van der Waals surface area contributed by atoms with Crippen molar-refractivity contribution < 1.29 is 4.74 Å². The second-order valence-corrected chi connectivity index (χ2v) is 6.33. The molecule has 1 aromatic carbocycles. The summed E-state index contributed by atoms with van der Waals surface area (Å²) in [6, 6.07) is 10.4. The maximum Gasteiger partial charge on any atom is 0.0587 e. The maximum absolute atomic E-state index is 5.99. The van der Waals surface area contributed by atoms with E-state index in [2.05, 4.69) is 34.3 Å². The molecule has 0 aliphatic carbocycles. The lowest BCUT2D eigenvalue weighted by atomic mass is 9.93. The third kappa shape index (κ3) is 5.79. The lowest BCUT2D eigenvalue weighted by Gasteiger charge is -2.18. The Morgan fingerprint density at radius 1 is 1.24 bits per heavy atom. The first kappa shape index (κ1) is 16.5. The molecule has 0 aliphatic rings. The first-order valence-electron chi connectivity index (χ1n) is 7.26. The summed E-state index contributed by atoms with van der Waals surface area (Å²) in [5.41, 5.74) is 2.77. The molecule has 0 amide bonds. The topological polar surface area (TPSA) is 21.3 Å². The number of halogens is 1. The van der Waals surface area contributed by atoms with Crippen LogP contribution < -0.4 is 5.32 Å². The Morgan fingerprint density at radius 2 is 2.05 bits per heavy atom. The van der Waals surface area contributed by atoms with E-state index in [1.165, 1.54) is 11.1 Å². The van der Waals surface area contributed by atoms with Gasteiger partial charge in [-0.2, -0.15) is 11.3 Å². The van der Waals surface area contributed by atoms with Crippen LogP contribution in [-0.4, -0.2) is 26.8 Å². The van der Waals surface area contributed by atoms with Crippen molar-refractivity contribution in [2.75, 3.05) is 26.8 Å². The maximum atomic E-state index is 5.99. The van der Waals surface area contributed by atoms with E-state index in [-0.39, 0.29) is 0 Å². The van der Waals surface area contributed by atoms with Crippen LogP contribution in [0.4, 0.5) is 0 Å². The van der Waals surface area contributed by atoms with E-state index in [0.29, 0.717) is 5.92 Å². The normalized spacial score (nSPS) is 12.5. The second kappa shape index (κ2) is 9.21. The van der Waals surface area contributed by atoms with E-state index < -0.39 is 0 Å². The molecule has 4 heteroatoms. The van der Waals surface area contributed by atoms with Gasteiger partial charge in [0.1, 0.15) is 0 Å². The molecule has 1 atom stereocenters. The van der Waals surface area contributed by atoms with Gasteiger partial charge in [-0.1, -0.05) is 23.7 Å². The Labute approximate surface area is 136 Å². The molecule has 1 N–H and O–H groups in total. The van der Waals surface area contributed by atoms with Crippen LogP contribution in [0.3, 0.4) is 0 Å². The lowest BCUT2D eigenvalue weighted by molar-refractivity contribution is 0.199. The van der Waals surface area contributed by atoms with Gasteiger partial charge in [-0.15, -0.1) is 0 Å². The van der Waals surface area contributed by atoms with Gasteiger partial charge in [0.25, 0.3) is 0 Å². The van der Waals surface area contributed by atoms with Crippen LogP contribution in [0.15, 0.2) is 41.1 Å². The molecule has 1 unspecified atom stereocenters. The van der Waals surface area contributed by atoms with Crippen molar-refractivity contribution in [1.82, 2.24) is 5.32 Å². The van der Waals surface area contributed by atoms with E-state index >= 15 is 0 Å². The van der Waals surface area contributed by atoms with Crippen LogP contribution in [0.25, 0.3) is 0 Å². The van der Waals surface area contributed by atoms with Gasteiger partial charge in [-0.3, -0.25) is 0 Å². The standard InChI is InChI=1S/C17H22ClNOS/c1-20-10-9-19-12-16(3-2-14-8-11-21-13-14)15-4-6-17(18)7-5-15/h4-8,11,13,16,19H,2-3,9-10,12H2,1H3. The molecule has 0 bridgehead atoms. The van der Waals surface area contributed by atoms with E-state index in [0.717, 1.165) is 37.6 Å². The highest BCUT2D eigenvalue weighted by atomic mass is 35.5. The molecular formula is C17H22ClNOS. The molecular weight excluding hydrogens is 302 g/mol. The molecule has 0 fully saturated rings. The van der Waals surface area contributed by atoms with Crippen molar-refractivity contribution in [3.63, 3.8) is 0 Å². The van der Waals surface area contributed by atoms with Crippen LogP contribution in [0.5, 0.6) is 0 Å². The summed E-state index contributed by atoms with van der Waals surface area (Å²) in [6.45, 7) is 2.60. The quantitative estimate of drug-likeness (QED) is 0.692. The zero-order valence-corrected chi connectivity index (χ0v) is 13.9. The summed E-state index contributed by atoms with van der Waals surface area (Å²) >= 11 is 7.75. The lowest BCUT2D eigenvalue weighted by Crippen LogP contribution is -2.25. The van der Waals surface area contributed by atoms with E-state index in [9.17, 15) is 0 Å². The fourth-order valence-corrected chi connectivity index (χ4v) is 3.18. The average molecular weight is 324 g/mol. The van der Waals surface area contributed by atoms with E-state index in [1.54, 1.807) is 18.4 Å². The summed E-state index contributed by atoms with van der Waals surface area (Å²) in [5.74, 6) is 0.499. The van der Waals surface area contributed by atoms with Crippen molar-refractivity contribution in [2.45, 2.75) is 18.8 Å². The number of hydrogen-bond donors (Lipinski definition) is 1. The summed E-state index contributed by atoms with van der Waals surface area (Å²) in [5, 5.41) is 8.64. The van der Waals surface area contributed by atoms with E-state index in [4.69, 9.17) is 16.3 Å². The summed E-state index contributed by atoms with van der Waals surface area (Å²) in [7, 11) is 1.73. The molecule has 114 valence electrons. The monoisotopic (exact) mass is 323 g/mol. The Morgan fingerprint density at radius 3 is 2.71 bits per heavy atom. The molecule has 21 heavy (non-hydrogen) atoms. The number of thiophene rings is 1. The first-order chi connectivity index (χ1) is 10.3. The number of methoxy groups -OCH3 is 1. The van der Waals surface area contributed by atoms with Gasteiger partial charge in [0.2, 0.25) is 0 Å². The Hall–Kier alpha value is -0.870. The third-order valence-corrected chi connectivity index (χ3v) is 4.56. The smallest absolute Gasteiger partial charge is 0.0587 e. The van der Waals surface area contributed by atoms with Crippen LogP contribution in [0.1, 0.15) is 23.5 Å². The molecule has 0 saturated heterocycles. The van der Waals surface area contributed by atoms with Crippen molar-refractivity contribution in [3.8, 4) is 0 Å². The van der Waals surface area contributed by atoms with Gasteiger partial charge >= 0.3 is 0 Å². The van der Waals surface area contributed by atoms with Crippen molar-refractivity contribution in [2.24, 2.45) is 0 Å². The molecule has 1 aromatic heterocycles. The first-order valence-corrected chi connectivity index (χ1v) is 8.58. The highest BCUT2D eigenvalue weighted by Crippen LogP contribution is 2.23. The highest BCUT2D eigenvalue weighted by molar-refractivity contribution is 7.07. The number of rotatable bonds is 9. The molecule has 1 heterocycles. The highest BCUT2D eigenvalue weighted by Gasteiger charge is 2.11. The molecule has 0 spiro atoms. The van der Waals surface area contributed by atoms with E-state index in [1.807, 2.05) is 12.1 Å². The Kier molecular flexibility index (Phi) is 7.24. The van der Waals surface area contributed by atoms with Crippen LogP contribution in [0.2, 0.25) is 5.02 Å². The van der Waals surface area contributed by atoms with Gasteiger partial charge < -0.3 is 10.1 Å². The minimum absolute atomic E-state index is 0.499.